The minimum absolute atomic E-state index is 0.106. The molecule has 1 N–H and O–H groups in total. The van der Waals surface area contributed by atoms with Crippen LogP contribution in [0.2, 0.25) is 0 Å². The minimum atomic E-state index is -0.303. The summed E-state index contributed by atoms with van der Waals surface area (Å²) in [5.74, 6) is 0.656. The number of hydrogen-bond acceptors (Lipinski definition) is 5. The van der Waals surface area contributed by atoms with E-state index in [1.54, 1.807) is 19.5 Å². The lowest BCUT2D eigenvalue weighted by atomic mass is 10.0. The molecule has 0 saturated carbocycles. The van der Waals surface area contributed by atoms with Crippen LogP contribution < -0.4 is 4.74 Å². The van der Waals surface area contributed by atoms with Crippen LogP contribution in [-0.2, 0) is 13.0 Å². The van der Waals surface area contributed by atoms with Crippen molar-refractivity contribution in [1.82, 2.24) is 14.9 Å². The molecule has 0 bridgehead atoms. The number of likely N-dealkylation sites (tertiary alicyclic amines) is 1. The Balaban J connectivity index is 1.74. The molecular weight excluding hydrogens is 278 g/mol. The summed E-state index contributed by atoms with van der Waals surface area (Å²) in [6.45, 7) is 1.61. The molecule has 22 heavy (non-hydrogen) atoms. The molecule has 2 aromatic rings. The highest BCUT2D eigenvalue weighted by atomic mass is 16.5. The lowest BCUT2D eigenvalue weighted by Crippen LogP contribution is -2.36. The van der Waals surface area contributed by atoms with E-state index in [2.05, 4.69) is 20.9 Å². The molecule has 0 aromatic carbocycles. The molecule has 1 saturated heterocycles. The first-order chi connectivity index (χ1) is 10.8. The van der Waals surface area contributed by atoms with Gasteiger partial charge in [-0.1, -0.05) is 12.1 Å². The molecule has 5 nitrogen and oxygen atoms in total. The van der Waals surface area contributed by atoms with Gasteiger partial charge in [-0.05, 0) is 30.5 Å². The fraction of sp³-hybridized carbons (Fsp3) is 0.412. The summed E-state index contributed by atoms with van der Waals surface area (Å²) in [5.41, 5.74) is 2.20. The summed E-state index contributed by atoms with van der Waals surface area (Å²) >= 11 is 0. The predicted octanol–water partition coefficient (Wildman–Crippen LogP) is 1.66. The maximum Gasteiger partial charge on any atom is 0.217 e. The predicted molar refractivity (Wildman–Crippen MR) is 83.6 cm³/mol. The van der Waals surface area contributed by atoms with Crippen molar-refractivity contribution in [2.24, 2.45) is 0 Å². The van der Waals surface area contributed by atoms with Crippen molar-refractivity contribution in [2.75, 3.05) is 13.7 Å². The molecule has 0 aliphatic carbocycles. The van der Waals surface area contributed by atoms with Crippen LogP contribution >= 0.6 is 0 Å². The zero-order valence-electron chi connectivity index (χ0n) is 12.7. The van der Waals surface area contributed by atoms with E-state index in [4.69, 9.17) is 4.74 Å². The van der Waals surface area contributed by atoms with E-state index >= 15 is 0 Å². The maximum atomic E-state index is 10.3. The Hall–Kier alpha value is -1.98. The van der Waals surface area contributed by atoms with Crippen LogP contribution in [0.15, 0.2) is 42.9 Å². The van der Waals surface area contributed by atoms with Crippen molar-refractivity contribution < 1.29 is 9.84 Å². The number of aliphatic hydroxyl groups excluding tert-OH is 1. The standard InChI is InChI=1S/C17H21N3O2/c1-22-17-14(5-3-8-19-17)12-20-9-6-16(21)15(20)10-13-4-2-7-18-11-13/h2-5,7-8,11,15-16,21H,6,9-10,12H2,1H3/t15-,16-/m0/s1. The van der Waals surface area contributed by atoms with E-state index in [1.165, 1.54) is 0 Å². The summed E-state index contributed by atoms with van der Waals surface area (Å²) in [7, 11) is 1.64. The summed E-state index contributed by atoms with van der Waals surface area (Å²) in [5, 5.41) is 10.3. The number of rotatable bonds is 5. The smallest absolute Gasteiger partial charge is 0.217 e. The molecule has 0 radical (unpaired) electrons. The number of methoxy groups -OCH3 is 1. The van der Waals surface area contributed by atoms with Gasteiger partial charge in [-0.25, -0.2) is 4.98 Å². The third kappa shape index (κ3) is 3.26. The van der Waals surface area contributed by atoms with Crippen LogP contribution in [0.4, 0.5) is 0 Å². The molecule has 0 unspecified atom stereocenters. The molecule has 0 spiro atoms. The molecule has 1 aliphatic rings. The van der Waals surface area contributed by atoms with Gasteiger partial charge in [0.2, 0.25) is 5.88 Å². The summed E-state index contributed by atoms with van der Waals surface area (Å²) in [6, 6.07) is 8.04. The van der Waals surface area contributed by atoms with Gasteiger partial charge in [-0.15, -0.1) is 0 Å². The van der Waals surface area contributed by atoms with Gasteiger partial charge >= 0.3 is 0 Å². The van der Waals surface area contributed by atoms with Gasteiger partial charge in [-0.3, -0.25) is 9.88 Å². The van der Waals surface area contributed by atoms with Crippen LogP contribution in [0.3, 0.4) is 0 Å². The number of pyridine rings is 2. The van der Waals surface area contributed by atoms with E-state index in [0.29, 0.717) is 5.88 Å². The molecule has 1 fully saturated rings. The molecular formula is C17H21N3O2. The first-order valence-electron chi connectivity index (χ1n) is 7.57. The molecule has 3 rings (SSSR count). The zero-order valence-corrected chi connectivity index (χ0v) is 12.7. The Kier molecular flexibility index (Phi) is 4.65. The van der Waals surface area contributed by atoms with Gasteiger partial charge in [0.1, 0.15) is 0 Å². The quantitative estimate of drug-likeness (QED) is 0.910. The molecule has 0 amide bonds. The van der Waals surface area contributed by atoms with Crippen molar-refractivity contribution in [3.05, 3.63) is 54.0 Å². The van der Waals surface area contributed by atoms with Crippen molar-refractivity contribution in [3.8, 4) is 5.88 Å². The average Bonchev–Trinajstić information content (AvgIpc) is 2.89. The second kappa shape index (κ2) is 6.85. The normalized spacial score (nSPS) is 21.9. The van der Waals surface area contributed by atoms with E-state index in [-0.39, 0.29) is 12.1 Å². The van der Waals surface area contributed by atoms with E-state index in [9.17, 15) is 5.11 Å². The Morgan fingerprint density at radius 3 is 2.95 bits per heavy atom. The van der Waals surface area contributed by atoms with E-state index in [1.807, 2.05) is 24.4 Å². The largest absolute Gasteiger partial charge is 0.481 e. The maximum absolute atomic E-state index is 10.3. The zero-order chi connectivity index (χ0) is 15.4. The highest BCUT2D eigenvalue weighted by Crippen LogP contribution is 2.26. The third-order valence-electron chi connectivity index (χ3n) is 4.21. The first-order valence-corrected chi connectivity index (χ1v) is 7.57. The van der Waals surface area contributed by atoms with Gasteiger partial charge in [0, 0.05) is 43.3 Å². The Bertz CT molecular complexity index is 606. The van der Waals surface area contributed by atoms with Crippen LogP contribution in [-0.4, -0.2) is 45.8 Å². The second-order valence-corrected chi connectivity index (χ2v) is 5.63. The minimum Gasteiger partial charge on any atom is -0.481 e. The van der Waals surface area contributed by atoms with Gasteiger partial charge in [0.15, 0.2) is 0 Å². The second-order valence-electron chi connectivity index (χ2n) is 5.63. The van der Waals surface area contributed by atoms with Crippen molar-refractivity contribution >= 4 is 0 Å². The van der Waals surface area contributed by atoms with Gasteiger partial charge in [0.05, 0.1) is 13.2 Å². The fourth-order valence-corrected chi connectivity index (χ4v) is 3.07. The van der Waals surface area contributed by atoms with E-state index < -0.39 is 0 Å². The van der Waals surface area contributed by atoms with Crippen molar-refractivity contribution in [1.29, 1.82) is 0 Å². The highest BCUT2D eigenvalue weighted by molar-refractivity contribution is 5.25. The molecule has 5 heteroatoms. The fourth-order valence-electron chi connectivity index (χ4n) is 3.07. The Labute approximate surface area is 130 Å². The SMILES string of the molecule is COc1ncccc1CN1CC[C@H](O)[C@@H]1Cc1cccnc1. The lowest BCUT2D eigenvalue weighted by molar-refractivity contribution is 0.112. The monoisotopic (exact) mass is 299 g/mol. The number of hydrogen-bond donors (Lipinski definition) is 1. The van der Waals surface area contributed by atoms with Gasteiger partial charge in [-0.2, -0.15) is 0 Å². The number of nitrogens with zero attached hydrogens (tertiary/aromatic N) is 3. The average molecular weight is 299 g/mol. The van der Waals surface area contributed by atoms with E-state index in [0.717, 1.165) is 37.1 Å². The number of ether oxygens (including phenoxy) is 1. The molecule has 2 atom stereocenters. The summed E-state index contributed by atoms with van der Waals surface area (Å²) in [4.78, 5) is 10.7. The molecule has 1 aliphatic heterocycles. The van der Waals surface area contributed by atoms with Crippen LogP contribution in [0.5, 0.6) is 5.88 Å². The van der Waals surface area contributed by atoms with Crippen molar-refractivity contribution in [3.63, 3.8) is 0 Å². The number of aromatic nitrogens is 2. The van der Waals surface area contributed by atoms with Crippen LogP contribution in [0, 0.1) is 0 Å². The van der Waals surface area contributed by atoms with Gasteiger partial charge in [0.25, 0.3) is 0 Å². The highest BCUT2D eigenvalue weighted by Gasteiger charge is 2.33. The Morgan fingerprint density at radius 2 is 2.18 bits per heavy atom. The number of aliphatic hydroxyl groups is 1. The summed E-state index contributed by atoms with van der Waals surface area (Å²) < 4.78 is 5.33. The Morgan fingerprint density at radius 1 is 1.32 bits per heavy atom. The topological polar surface area (TPSA) is 58.5 Å². The first kappa shape index (κ1) is 14.9. The molecule has 3 heterocycles. The molecule has 116 valence electrons. The molecule has 2 aromatic heterocycles. The van der Waals surface area contributed by atoms with Crippen LogP contribution in [0.1, 0.15) is 17.5 Å². The third-order valence-corrected chi connectivity index (χ3v) is 4.21. The lowest BCUT2D eigenvalue weighted by Gasteiger charge is -2.26. The van der Waals surface area contributed by atoms with Crippen molar-refractivity contribution in [2.45, 2.75) is 31.5 Å². The summed E-state index contributed by atoms with van der Waals surface area (Å²) in [6.07, 6.45) is 6.67. The van der Waals surface area contributed by atoms with Gasteiger partial charge < -0.3 is 9.84 Å². The van der Waals surface area contributed by atoms with Crippen LogP contribution in [0.25, 0.3) is 0 Å².